The number of hydrogen-bond donors (Lipinski definition) is 0. The van der Waals surface area contributed by atoms with Crippen LogP contribution in [0.25, 0.3) is 0 Å². The van der Waals surface area contributed by atoms with Gasteiger partial charge in [-0.2, -0.15) is 0 Å². The molecule has 4 nitrogen and oxygen atoms in total. The van der Waals surface area contributed by atoms with Gasteiger partial charge in [0, 0.05) is 6.42 Å². The summed E-state index contributed by atoms with van der Waals surface area (Å²) in [5.41, 5.74) is -0.435. The monoisotopic (exact) mass is 186 g/mol. The van der Waals surface area contributed by atoms with Crippen molar-refractivity contribution in [2.45, 2.75) is 32.3 Å². The Morgan fingerprint density at radius 1 is 1.69 bits per heavy atom. The molecule has 0 aromatic rings. The molecule has 0 spiro atoms. The van der Waals surface area contributed by atoms with Gasteiger partial charge in [-0.05, 0) is 13.8 Å². The zero-order chi connectivity index (χ0) is 10.1. The first-order valence-electron chi connectivity index (χ1n) is 4.24. The van der Waals surface area contributed by atoms with Crippen LogP contribution in [0, 0.1) is 5.92 Å². The lowest BCUT2D eigenvalue weighted by Crippen LogP contribution is -2.17. The molecule has 4 heteroatoms. The third kappa shape index (κ3) is 2.44. The van der Waals surface area contributed by atoms with Gasteiger partial charge in [0.2, 0.25) is 0 Å². The van der Waals surface area contributed by atoms with Crippen molar-refractivity contribution >= 4 is 11.9 Å². The highest BCUT2D eigenvalue weighted by atomic mass is 16.6. The molecule has 1 unspecified atom stereocenters. The maximum Gasteiger partial charge on any atom is 0.310 e. The molecule has 0 N–H and O–H groups in total. The zero-order valence-electron chi connectivity index (χ0n) is 8.12. The van der Waals surface area contributed by atoms with Crippen molar-refractivity contribution < 1.29 is 19.1 Å². The van der Waals surface area contributed by atoms with E-state index in [4.69, 9.17) is 4.74 Å². The van der Waals surface area contributed by atoms with Gasteiger partial charge < -0.3 is 9.47 Å². The molecule has 1 heterocycles. The lowest BCUT2D eigenvalue weighted by atomic mass is 9.95. The van der Waals surface area contributed by atoms with Crippen molar-refractivity contribution in [2.75, 3.05) is 7.11 Å². The second kappa shape index (κ2) is 3.36. The van der Waals surface area contributed by atoms with E-state index in [1.165, 1.54) is 7.11 Å². The molecule has 0 radical (unpaired) electrons. The van der Waals surface area contributed by atoms with Crippen molar-refractivity contribution in [1.82, 2.24) is 0 Å². The third-order valence-corrected chi connectivity index (χ3v) is 2.09. The average molecular weight is 186 g/mol. The summed E-state index contributed by atoms with van der Waals surface area (Å²) in [5.74, 6) is -0.988. The predicted molar refractivity (Wildman–Crippen MR) is 44.9 cm³/mol. The predicted octanol–water partition coefficient (Wildman–Crippen LogP) is 0.891. The Morgan fingerprint density at radius 2 is 2.31 bits per heavy atom. The number of cyclic esters (lactones) is 1. The summed E-state index contributed by atoms with van der Waals surface area (Å²) < 4.78 is 9.54. The first kappa shape index (κ1) is 10.0. The smallest absolute Gasteiger partial charge is 0.310 e. The topological polar surface area (TPSA) is 52.6 Å². The van der Waals surface area contributed by atoms with Crippen LogP contribution in [0.4, 0.5) is 0 Å². The number of rotatable bonds is 2. The molecule has 1 aliphatic heterocycles. The summed E-state index contributed by atoms with van der Waals surface area (Å²) in [5, 5.41) is 0. The summed E-state index contributed by atoms with van der Waals surface area (Å²) in [6.45, 7) is 3.67. The standard InChI is InChI=1S/C9H14O4/c1-9(2)5-6(8(11)13-9)4-7(10)12-3/h6H,4-5H2,1-3H3. The van der Waals surface area contributed by atoms with Crippen LogP contribution < -0.4 is 0 Å². The highest BCUT2D eigenvalue weighted by Crippen LogP contribution is 2.32. The number of methoxy groups -OCH3 is 1. The molecular formula is C9H14O4. The van der Waals surface area contributed by atoms with Crippen LogP contribution >= 0.6 is 0 Å². The Kier molecular flexibility index (Phi) is 2.59. The lowest BCUT2D eigenvalue weighted by Gasteiger charge is -2.14. The molecule has 74 valence electrons. The Balaban J connectivity index is 2.54. The normalized spacial score (nSPS) is 25.5. The van der Waals surface area contributed by atoms with Gasteiger partial charge in [0.05, 0.1) is 19.4 Å². The van der Waals surface area contributed by atoms with E-state index >= 15 is 0 Å². The first-order valence-corrected chi connectivity index (χ1v) is 4.24. The Morgan fingerprint density at radius 3 is 2.69 bits per heavy atom. The quantitative estimate of drug-likeness (QED) is 0.601. The number of esters is 2. The van der Waals surface area contributed by atoms with E-state index in [1.54, 1.807) is 0 Å². The average Bonchev–Trinajstić information content (AvgIpc) is 2.24. The second-order valence-electron chi connectivity index (χ2n) is 3.86. The summed E-state index contributed by atoms with van der Waals surface area (Å²) in [6, 6.07) is 0. The van der Waals surface area contributed by atoms with Gasteiger partial charge in [-0.1, -0.05) is 0 Å². The maximum atomic E-state index is 11.2. The molecule has 0 aromatic carbocycles. The first-order chi connectivity index (χ1) is 5.94. The fourth-order valence-corrected chi connectivity index (χ4v) is 1.51. The molecular weight excluding hydrogens is 172 g/mol. The van der Waals surface area contributed by atoms with E-state index in [1.807, 2.05) is 13.8 Å². The van der Waals surface area contributed by atoms with Crippen LogP contribution in [0.3, 0.4) is 0 Å². The van der Waals surface area contributed by atoms with Crippen LogP contribution in [0.1, 0.15) is 26.7 Å². The summed E-state index contributed by atoms with van der Waals surface area (Å²) in [6.07, 6.45) is 0.708. The van der Waals surface area contributed by atoms with Gasteiger partial charge in [0.1, 0.15) is 5.60 Å². The van der Waals surface area contributed by atoms with Crippen molar-refractivity contribution in [1.29, 1.82) is 0 Å². The van der Waals surface area contributed by atoms with Gasteiger partial charge in [0.15, 0.2) is 0 Å². The molecule has 1 aliphatic rings. The van der Waals surface area contributed by atoms with E-state index in [9.17, 15) is 9.59 Å². The molecule has 1 saturated heterocycles. The molecule has 0 saturated carbocycles. The van der Waals surface area contributed by atoms with Crippen LogP contribution in [-0.2, 0) is 19.1 Å². The zero-order valence-corrected chi connectivity index (χ0v) is 8.12. The Hall–Kier alpha value is -1.06. The van der Waals surface area contributed by atoms with Crippen LogP contribution in [-0.4, -0.2) is 24.6 Å². The van der Waals surface area contributed by atoms with Crippen LogP contribution in [0.5, 0.6) is 0 Å². The number of hydrogen-bond acceptors (Lipinski definition) is 4. The largest absolute Gasteiger partial charge is 0.469 e. The fraction of sp³-hybridized carbons (Fsp3) is 0.778. The van der Waals surface area contributed by atoms with Crippen LogP contribution in [0.15, 0.2) is 0 Å². The Labute approximate surface area is 77.2 Å². The van der Waals surface area contributed by atoms with Gasteiger partial charge in [-0.15, -0.1) is 0 Å². The van der Waals surface area contributed by atoms with E-state index in [0.29, 0.717) is 6.42 Å². The lowest BCUT2D eigenvalue weighted by molar-refractivity contribution is -0.152. The molecule has 1 rings (SSSR count). The number of carbonyl (C=O) groups excluding carboxylic acids is 2. The van der Waals surface area contributed by atoms with E-state index in [0.717, 1.165) is 0 Å². The fourth-order valence-electron chi connectivity index (χ4n) is 1.51. The molecule has 0 bridgehead atoms. The number of ether oxygens (including phenoxy) is 2. The molecule has 1 fully saturated rings. The minimum Gasteiger partial charge on any atom is -0.469 e. The maximum absolute atomic E-state index is 11.2. The van der Waals surface area contributed by atoms with E-state index in [2.05, 4.69) is 4.74 Å². The molecule has 1 atom stereocenters. The van der Waals surface area contributed by atoms with Crippen molar-refractivity contribution in [3.63, 3.8) is 0 Å². The van der Waals surface area contributed by atoms with E-state index < -0.39 is 5.60 Å². The van der Waals surface area contributed by atoms with Crippen molar-refractivity contribution in [3.05, 3.63) is 0 Å². The van der Waals surface area contributed by atoms with E-state index in [-0.39, 0.29) is 24.3 Å². The van der Waals surface area contributed by atoms with Gasteiger partial charge in [-0.3, -0.25) is 9.59 Å². The highest BCUT2D eigenvalue weighted by molar-refractivity contribution is 5.81. The summed E-state index contributed by atoms with van der Waals surface area (Å²) in [7, 11) is 1.31. The van der Waals surface area contributed by atoms with Gasteiger partial charge >= 0.3 is 11.9 Å². The minimum atomic E-state index is -0.435. The SMILES string of the molecule is COC(=O)CC1CC(C)(C)OC1=O. The molecule has 0 aliphatic carbocycles. The summed E-state index contributed by atoms with van der Waals surface area (Å²) >= 11 is 0. The highest BCUT2D eigenvalue weighted by Gasteiger charge is 2.40. The summed E-state index contributed by atoms with van der Waals surface area (Å²) in [4.78, 5) is 22.1. The molecule has 13 heavy (non-hydrogen) atoms. The third-order valence-electron chi connectivity index (χ3n) is 2.09. The van der Waals surface area contributed by atoms with Crippen molar-refractivity contribution in [2.24, 2.45) is 5.92 Å². The van der Waals surface area contributed by atoms with Crippen LogP contribution in [0.2, 0.25) is 0 Å². The van der Waals surface area contributed by atoms with Gasteiger partial charge in [0.25, 0.3) is 0 Å². The minimum absolute atomic E-state index is 0.124. The molecule has 0 amide bonds. The van der Waals surface area contributed by atoms with Crippen molar-refractivity contribution in [3.8, 4) is 0 Å². The Bertz CT molecular complexity index is 232. The van der Waals surface area contributed by atoms with Gasteiger partial charge in [-0.25, -0.2) is 0 Å². The second-order valence-corrected chi connectivity index (χ2v) is 3.86. The number of carbonyl (C=O) groups is 2. The molecule has 0 aromatic heterocycles.